The summed E-state index contributed by atoms with van der Waals surface area (Å²) in [5.74, 6) is -0.132. The van der Waals surface area contributed by atoms with Crippen LogP contribution < -0.4 is 10.8 Å². The van der Waals surface area contributed by atoms with Crippen LogP contribution in [0.4, 0.5) is 0 Å². The predicted molar refractivity (Wildman–Crippen MR) is 137 cm³/mol. The van der Waals surface area contributed by atoms with E-state index < -0.39 is 0 Å². The van der Waals surface area contributed by atoms with E-state index in [4.69, 9.17) is 9.25 Å². The summed E-state index contributed by atoms with van der Waals surface area (Å²) in [6.45, 7) is 7.82. The van der Waals surface area contributed by atoms with Crippen LogP contribution in [0.3, 0.4) is 0 Å². The molecule has 3 aromatic rings. The van der Waals surface area contributed by atoms with Crippen molar-refractivity contribution in [3.8, 4) is 0 Å². The fraction of sp³-hybridized carbons (Fsp3) is 0.483. The number of para-hydroxylation sites is 1. The number of carbonyl (C=O) groups excluding carboxylic acids is 1. The van der Waals surface area contributed by atoms with Gasteiger partial charge in [-0.1, -0.05) is 89.3 Å². The third kappa shape index (κ3) is 6.49. The monoisotopic (exact) mass is 462 g/mol. The highest BCUT2D eigenvalue weighted by Gasteiger charge is 2.18. The van der Waals surface area contributed by atoms with Crippen LogP contribution in [0.25, 0.3) is 11.0 Å². The summed E-state index contributed by atoms with van der Waals surface area (Å²) in [4.78, 5) is 18.2. The second kappa shape index (κ2) is 11.2. The van der Waals surface area contributed by atoms with Crippen LogP contribution in [-0.4, -0.2) is 11.9 Å². The third-order valence-electron chi connectivity index (χ3n) is 6.80. The summed E-state index contributed by atoms with van der Waals surface area (Å²) in [6, 6.07) is 16.5. The number of hydroxylamine groups is 1. The predicted octanol–water partition coefficient (Wildman–Crippen LogP) is 6.79. The molecule has 0 spiro atoms. The number of hydrogen-bond acceptors (Lipinski definition) is 4. The van der Waals surface area contributed by atoms with Gasteiger partial charge in [0.2, 0.25) is 0 Å². The Balaban J connectivity index is 1.40. The van der Waals surface area contributed by atoms with E-state index in [1.54, 1.807) is 6.07 Å². The summed E-state index contributed by atoms with van der Waals surface area (Å²) in [5, 5.41) is 4.70. The summed E-state index contributed by atoms with van der Waals surface area (Å²) in [6.07, 6.45) is 9.19. The summed E-state index contributed by atoms with van der Waals surface area (Å²) in [5.41, 5.74) is 6.92. The van der Waals surface area contributed by atoms with Crippen LogP contribution in [-0.2, 0) is 23.4 Å². The molecule has 5 heteroatoms. The lowest BCUT2D eigenvalue weighted by Gasteiger charge is -2.24. The lowest BCUT2D eigenvalue weighted by molar-refractivity contribution is 0.0211. The molecule has 5 nitrogen and oxygen atoms in total. The van der Waals surface area contributed by atoms with Gasteiger partial charge in [-0.2, -0.15) is 0 Å². The maximum absolute atomic E-state index is 12.5. The van der Waals surface area contributed by atoms with Crippen molar-refractivity contribution in [1.82, 2.24) is 10.8 Å². The molecule has 0 aliphatic heterocycles. The van der Waals surface area contributed by atoms with E-state index in [9.17, 15) is 4.79 Å². The Labute approximate surface area is 203 Å². The van der Waals surface area contributed by atoms with E-state index in [0.29, 0.717) is 18.2 Å². The number of furan rings is 1. The van der Waals surface area contributed by atoms with Gasteiger partial charge in [0.1, 0.15) is 12.2 Å². The summed E-state index contributed by atoms with van der Waals surface area (Å²) < 4.78 is 5.63. The van der Waals surface area contributed by atoms with Crippen LogP contribution in [0.2, 0.25) is 0 Å². The zero-order valence-corrected chi connectivity index (χ0v) is 20.8. The Morgan fingerprint density at radius 1 is 0.971 bits per heavy atom. The molecule has 1 saturated carbocycles. The van der Waals surface area contributed by atoms with Gasteiger partial charge >= 0.3 is 5.91 Å². The van der Waals surface area contributed by atoms with Crippen molar-refractivity contribution in [3.05, 3.63) is 71.0 Å². The smallest absolute Gasteiger partial charge is 0.310 e. The van der Waals surface area contributed by atoms with Crippen molar-refractivity contribution >= 4 is 16.9 Å². The Hall–Kier alpha value is -2.63. The first kappa shape index (κ1) is 24.5. The molecule has 4 rings (SSSR count). The number of nitrogens with one attached hydrogen (secondary N) is 2. The summed E-state index contributed by atoms with van der Waals surface area (Å²) >= 11 is 0. The average Bonchev–Trinajstić information content (AvgIpc) is 3.23. The minimum absolute atomic E-state index is 0.0733. The minimum atomic E-state index is -0.378. The van der Waals surface area contributed by atoms with Crippen LogP contribution in [0, 0.1) is 0 Å². The molecule has 0 radical (unpaired) electrons. The molecule has 1 aromatic heterocycles. The maximum Gasteiger partial charge on any atom is 0.310 e. The largest absolute Gasteiger partial charge is 0.451 e. The van der Waals surface area contributed by atoms with Crippen LogP contribution in [0.5, 0.6) is 0 Å². The molecule has 2 N–H and O–H groups in total. The van der Waals surface area contributed by atoms with Crippen LogP contribution >= 0.6 is 0 Å². The van der Waals surface area contributed by atoms with Crippen molar-refractivity contribution in [2.45, 2.75) is 90.3 Å². The normalized spacial score (nSPS) is 15.7. The minimum Gasteiger partial charge on any atom is -0.451 e. The summed E-state index contributed by atoms with van der Waals surface area (Å²) in [7, 11) is 0. The molecule has 0 bridgehead atoms. The highest BCUT2D eigenvalue weighted by atomic mass is 16.7. The second-order valence-electron chi connectivity index (χ2n) is 10.5. The molecule has 1 fully saturated rings. The lowest BCUT2D eigenvalue weighted by Crippen LogP contribution is -2.30. The molecule has 2 aromatic carbocycles. The number of rotatable bonds is 7. The van der Waals surface area contributed by atoms with Gasteiger partial charge in [-0.3, -0.25) is 9.63 Å². The molecular weight excluding hydrogens is 424 g/mol. The van der Waals surface area contributed by atoms with Gasteiger partial charge < -0.3 is 9.73 Å². The molecule has 1 aliphatic carbocycles. The van der Waals surface area contributed by atoms with E-state index in [1.807, 2.05) is 24.3 Å². The third-order valence-corrected chi connectivity index (χ3v) is 6.80. The van der Waals surface area contributed by atoms with Gasteiger partial charge in [0.25, 0.3) is 0 Å². The van der Waals surface area contributed by atoms with Crippen molar-refractivity contribution < 1.29 is 14.0 Å². The Bertz CT molecular complexity index is 1060. The molecule has 0 atom stereocenters. The zero-order valence-electron chi connectivity index (χ0n) is 20.8. The first-order chi connectivity index (χ1) is 16.4. The number of benzene rings is 2. The van der Waals surface area contributed by atoms with E-state index in [2.05, 4.69) is 49.8 Å². The van der Waals surface area contributed by atoms with E-state index in [-0.39, 0.29) is 17.1 Å². The Morgan fingerprint density at radius 3 is 2.44 bits per heavy atom. The molecule has 0 saturated heterocycles. The molecule has 1 aliphatic rings. The van der Waals surface area contributed by atoms with Crippen LogP contribution in [0.1, 0.15) is 93.0 Å². The first-order valence-electron chi connectivity index (χ1n) is 12.7. The number of hydrogen-bond donors (Lipinski definition) is 2. The first-order valence-corrected chi connectivity index (χ1v) is 12.7. The average molecular weight is 463 g/mol. The molecule has 0 unspecified atom stereocenters. The lowest BCUT2D eigenvalue weighted by atomic mass is 9.85. The molecule has 1 heterocycles. The van der Waals surface area contributed by atoms with Crippen molar-refractivity contribution in [2.75, 3.05) is 0 Å². The highest BCUT2D eigenvalue weighted by Crippen LogP contribution is 2.26. The Kier molecular flexibility index (Phi) is 8.07. The van der Waals surface area contributed by atoms with E-state index in [1.165, 1.54) is 56.1 Å². The van der Waals surface area contributed by atoms with Gasteiger partial charge in [-0.05, 0) is 47.1 Å². The van der Waals surface area contributed by atoms with Crippen molar-refractivity contribution in [2.24, 2.45) is 0 Å². The van der Waals surface area contributed by atoms with E-state index >= 15 is 0 Å². The molecule has 182 valence electrons. The zero-order chi connectivity index (χ0) is 24.0. The Morgan fingerprint density at radius 2 is 1.71 bits per heavy atom. The van der Waals surface area contributed by atoms with Gasteiger partial charge in [-0.15, -0.1) is 0 Å². The van der Waals surface area contributed by atoms with E-state index in [0.717, 1.165) is 17.5 Å². The molecular formula is C29H38N2O3. The SMILES string of the molecule is CC(C)(C)c1ccc(CONC(=O)c2cc3ccccc3o2)c(CNC2CCCCCCC2)c1. The topological polar surface area (TPSA) is 63.5 Å². The van der Waals surface area contributed by atoms with Gasteiger partial charge in [0.05, 0.1) is 0 Å². The van der Waals surface area contributed by atoms with Crippen molar-refractivity contribution in [1.29, 1.82) is 0 Å². The fourth-order valence-corrected chi connectivity index (χ4v) is 4.64. The number of fused-ring (bicyclic) bond motifs is 1. The number of amides is 1. The molecule has 34 heavy (non-hydrogen) atoms. The highest BCUT2D eigenvalue weighted by molar-refractivity contribution is 5.95. The quantitative estimate of drug-likeness (QED) is 0.379. The number of carbonyl (C=O) groups is 1. The second-order valence-corrected chi connectivity index (χ2v) is 10.5. The molecule has 1 amide bonds. The van der Waals surface area contributed by atoms with Gasteiger partial charge in [-0.25, -0.2) is 5.48 Å². The maximum atomic E-state index is 12.5. The van der Waals surface area contributed by atoms with Crippen molar-refractivity contribution in [3.63, 3.8) is 0 Å². The van der Waals surface area contributed by atoms with Gasteiger partial charge in [0, 0.05) is 18.0 Å². The standard InChI is InChI=1S/C29H38N2O3/c1-29(2,3)24-16-15-22(23(17-24)19-30-25-12-7-5-4-6-8-13-25)20-33-31-28(32)27-18-21-11-9-10-14-26(21)34-27/h9-11,14-18,25,30H,4-8,12-13,19-20H2,1-3H3,(H,31,32). The van der Waals surface area contributed by atoms with Crippen LogP contribution in [0.15, 0.2) is 52.9 Å². The fourth-order valence-electron chi connectivity index (χ4n) is 4.64. The van der Waals surface area contributed by atoms with Gasteiger partial charge in [0.15, 0.2) is 5.76 Å².